The predicted octanol–water partition coefficient (Wildman–Crippen LogP) is -2.49. The molecule has 44 heavy (non-hydrogen) atoms. The minimum Gasteiger partial charge on any atom is -0.489 e. The summed E-state index contributed by atoms with van der Waals surface area (Å²) in [6.45, 7) is -0.910. The highest BCUT2D eigenvalue weighted by molar-refractivity contribution is 7.84. The minimum atomic E-state index is -5.03. The van der Waals surface area contributed by atoms with Crippen LogP contribution in [0.15, 0.2) is 41.0 Å². The monoisotopic (exact) mass is 651 g/mol. The molecule has 1 aliphatic rings. The second-order valence-corrected chi connectivity index (χ2v) is 11.1. The molecule has 1 fully saturated rings. The third-order valence-electron chi connectivity index (χ3n) is 5.94. The molecule has 4 rings (SSSR count). The Hall–Kier alpha value is -5.19. The van der Waals surface area contributed by atoms with Crippen LogP contribution in [-0.4, -0.2) is 96.5 Å². The van der Waals surface area contributed by atoms with Gasteiger partial charge in [-0.3, -0.25) is 19.6 Å². The van der Waals surface area contributed by atoms with Gasteiger partial charge in [-0.15, -0.1) is 11.3 Å². The molecule has 1 aromatic carbocycles. The maximum Gasteiger partial charge on any atom is 0.362 e. The first kappa shape index (κ1) is 31.7. The highest BCUT2D eigenvalue weighted by Gasteiger charge is 2.54. The Kier molecular flexibility index (Phi) is 9.37. The van der Waals surface area contributed by atoms with E-state index in [1.165, 1.54) is 35.8 Å². The van der Waals surface area contributed by atoms with Gasteiger partial charge in [-0.1, -0.05) is 5.16 Å². The maximum absolute atomic E-state index is 13.3. The zero-order valence-corrected chi connectivity index (χ0v) is 23.9. The first-order valence-electron chi connectivity index (χ1n) is 12.2. The van der Waals surface area contributed by atoms with Crippen LogP contribution < -0.4 is 27.3 Å². The van der Waals surface area contributed by atoms with E-state index < -0.39 is 58.6 Å². The Morgan fingerprint density at radius 3 is 2.52 bits per heavy atom. The van der Waals surface area contributed by atoms with E-state index in [0.717, 1.165) is 16.1 Å². The molecule has 0 radical (unpaired) electrons. The smallest absolute Gasteiger partial charge is 0.362 e. The van der Waals surface area contributed by atoms with E-state index in [1.807, 2.05) is 0 Å². The van der Waals surface area contributed by atoms with Crippen molar-refractivity contribution < 1.29 is 42.0 Å². The SMILES string of the molecule is N=C(N)c1ccc(OC[C@H](O/N=C(\C(=O)N[C@@H]2C(=O)N(S(=O)(=O)O)[C@@H]2Cn2ncc(CN)n2)c2csc(N)n2)C(=O)O)cc1. The molecule has 0 aliphatic carbocycles. The standard InChI is InChI=1S/C22H25N11O9S2/c23-5-11-6-27-32(30-11)7-14-17(20(35)33(14)44(38,39)40)29-19(34)16(13-9-43-22(26)28-13)31-42-15(21(36)37)8-41-12-3-1-10(2-4-12)18(24)25/h1-4,6,9,14-15,17H,5,7-8,23H2,(H3,24,25)(H2,26,28)(H,29,34)(H,36,37)(H,38,39,40)/b31-16-/t14-,15+,17+/m1/s1. The number of benzene rings is 1. The molecular formula is C22H25N11O9S2. The Morgan fingerprint density at radius 1 is 1.27 bits per heavy atom. The Balaban J connectivity index is 1.53. The fourth-order valence-corrected chi connectivity index (χ4v) is 5.22. The number of carbonyl (C=O) groups is 3. The van der Waals surface area contributed by atoms with Gasteiger partial charge in [-0.25, -0.2) is 14.1 Å². The average Bonchev–Trinajstić information content (AvgIpc) is 3.61. The normalized spacial score (nSPS) is 17.5. The number of thiazole rings is 1. The predicted molar refractivity (Wildman–Crippen MR) is 151 cm³/mol. The van der Waals surface area contributed by atoms with E-state index >= 15 is 0 Å². The van der Waals surface area contributed by atoms with Crippen LogP contribution in [0.4, 0.5) is 5.13 Å². The molecular weight excluding hydrogens is 626 g/mol. The van der Waals surface area contributed by atoms with E-state index in [2.05, 4.69) is 25.7 Å². The van der Waals surface area contributed by atoms with Crippen LogP contribution in [0, 0.1) is 5.41 Å². The van der Waals surface area contributed by atoms with Gasteiger partial charge in [0.25, 0.3) is 17.9 Å². The Morgan fingerprint density at radius 2 is 1.98 bits per heavy atom. The molecule has 10 N–H and O–H groups in total. The topological polar surface area (TPSA) is 317 Å². The summed E-state index contributed by atoms with van der Waals surface area (Å²) < 4.78 is 38.9. The molecule has 0 bridgehead atoms. The van der Waals surface area contributed by atoms with E-state index in [4.69, 9.17) is 32.2 Å². The maximum atomic E-state index is 13.3. The third-order valence-corrected chi connectivity index (χ3v) is 7.56. The molecule has 3 atom stereocenters. The summed E-state index contributed by atoms with van der Waals surface area (Å²) in [6.07, 6.45) is -0.429. The van der Waals surface area contributed by atoms with Crippen molar-refractivity contribution >= 4 is 56.1 Å². The van der Waals surface area contributed by atoms with Gasteiger partial charge in [-0.05, 0) is 24.3 Å². The summed E-state index contributed by atoms with van der Waals surface area (Å²) >= 11 is 0.919. The Bertz CT molecular complexity index is 1710. The van der Waals surface area contributed by atoms with Gasteiger partial charge < -0.3 is 37.2 Å². The van der Waals surface area contributed by atoms with E-state index in [-0.39, 0.29) is 39.8 Å². The molecule has 0 unspecified atom stereocenters. The highest BCUT2D eigenvalue weighted by Crippen LogP contribution is 2.25. The average molecular weight is 652 g/mol. The molecule has 20 nitrogen and oxygen atoms in total. The van der Waals surface area contributed by atoms with Gasteiger partial charge in [0.1, 0.15) is 36.0 Å². The Labute approximate surface area is 251 Å². The van der Waals surface area contributed by atoms with Crippen LogP contribution in [0.1, 0.15) is 17.0 Å². The number of amides is 2. The molecule has 2 amide bonds. The van der Waals surface area contributed by atoms with Gasteiger partial charge in [-0.2, -0.15) is 23.4 Å². The van der Waals surface area contributed by atoms with Gasteiger partial charge >= 0.3 is 16.3 Å². The van der Waals surface area contributed by atoms with Crippen molar-refractivity contribution in [3.63, 3.8) is 0 Å². The lowest BCUT2D eigenvalue weighted by atomic mass is 9.98. The van der Waals surface area contributed by atoms with Gasteiger partial charge in [0.2, 0.25) is 0 Å². The number of amidine groups is 1. The summed E-state index contributed by atoms with van der Waals surface area (Å²) in [4.78, 5) is 47.9. The number of ether oxygens (including phenoxy) is 1. The number of nitrogens with zero attached hydrogens (tertiary/aromatic N) is 6. The highest BCUT2D eigenvalue weighted by atomic mass is 32.2. The third kappa shape index (κ3) is 7.23. The van der Waals surface area contributed by atoms with Crippen molar-refractivity contribution in [1.29, 1.82) is 5.41 Å². The lowest BCUT2D eigenvalue weighted by Crippen LogP contribution is -2.73. The zero-order chi connectivity index (χ0) is 32.2. The van der Waals surface area contributed by atoms with Crippen molar-refractivity contribution in [3.8, 4) is 5.75 Å². The summed E-state index contributed by atoms with van der Waals surface area (Å²) in [7, 11) is -5.03. The lowest BCUT2D eigenvalue weighted by molar-refractivity contribution is -0.152. The number of aromatic nitrogens is 4. The second kappa shape index (κ2) is 13.0. The number of hydrogen-bond donors (Lipinski definition) is 7. The summed E-state index contributed by atoms with van der Waals surface area (Å²) in [5.41, 5.74) is 16.6. The van der Waals surface area contributed by atoms with Crippen LogP contribution in [0.25, 0.3) is 0 Å². The molecule has 234 valence electrons. The van der Waals surface area contributed by atoms with Crippen molar-refractivity contribution in [2.75, 3.05) is 12.3 Å². The molecule has 0 saturated carbocycles. The van der Waals surface area contributed by atoms with Gasteiger partial charge in [0.15, 0.2) is 10.8 Å². The number of nitrogens with two attached hydrogens (primary N) is 3. The molecule has 3 aromatic rings. The number of carbonyl (C=O) groups excluding carboxylic acids is 2. The van der Waals surface area contributed by atoms with Crippen LogP contribution >= 0.6 is 11.3 Å². The van der Waals surface area contributed by atoms with Gasteiger partial charge in [0.05, 0.1) is 18.4 Å². The summed E-state index contributed by atoms with van der Waals surface area (Å²) in [5.74, 6) is -3.75. The van der Waals surface area contributed by atoms with E-state index in [0.29, 0.717) is 11.3 Å². The molecule has 1 aliphatic heterocycles. The van der Waals surface area contributed by atoms with Crippen molar-refractivity contribution in [2.24, 2.45) is 16.6 Å². The number of carboxylic acids is 1. The van der Waals surface area contributed by atoms with Crippen molar-refractivity contribution in [2.45, 2.75) is 31.3 Å². The zero-order valence-electron chi connectivity index (χ0n) is 22.3. The van der Waals surface area contributed by atoms with E-state index in [9.17, 15) is 32.5 Å². The first-order chi connectivity index (χ1) is 20.8. The van der Waals surface area contributed by atoms with Crippen LogP contribution in [0.2, 0.25) is 0 Å². The van der Waals surface area contributed by atoms with Crippen molar-refractivity contribution in [1.82, 2.24) is 29.6 Å². The number of carboxylic acid groups (broad SMARTS) is 1. The fraction of sp³-hybridized carbons (Fsp3) is 0.273. The van der Waals surface area contributed by atoms with Gasteiger partial charge in [0, 0.05) is 17.5 Å². The second-order valence-electron chi connectivity index (χ2n) is 8.92. The largest absolute Gasteiger partial charge is 0.489 e. The number of nitrogen functional groups attached to an aromatic ring is 2. The number of aliphatic carboxylic acids is 1. The fourth-order valence-electron chi connectivity index (χ4n) is 3.80. The number of rotatable bonds is 14. The van der Waals surface area contributed by atoms with Crippen molar-refractivity contribution in [3.05, 3.63) is 52.8 Å². The van der Waals surface area contributed by atoms with Crippen LogP contribution in [0.5, 0.6) is 5.75 Å². The lowest BCUT2D eigenvalue weighted by Gasteiger charge is -2.43. The minimum absolute atomic E-state index is 0.0169. The molecule has 1 saturated heterocycles. The van der Waals surface area contributed by atoms with Crippen LogP contribution in [0.3, 0.4) is 0 Å². The number of nitrogens with one attached hydrogen (secondary N) is 2. The number of hydrogen-bond acceptors (Lipinski definition) is 15. The summed E-state index contributed by atoms with van der Waals surface area (Å²) in [5, 5.41) is 32.3. The number of β-lactam (4-membered cyclic amide) rings is 1. The molecule has 3 heterocycles. The number of anilines is 1. The number of oxime groups is 1. The quantitative estimate of drug-likeness (QED) is 0.0312. The van der Waals surface area contributed by atoms with Crippen LogP contribution in [-0.2, 0) is 42.6 Å². The van der Waals surface area contributed by atoms with E-state index in [1.54, 1.807) is 0 Å². The molecule has 2 aromatic heterocycles. The molecule has 22 heteroatoms. The summed E-state index contributed by atoms with van der Waals surface area (Å²) in [6, 6.07) is 2.99. The first-order valence-corrected chi connectivity index (χ1v) is 14.5. The molecule has 0 spiro atoms.